The number of nitrogens with zero attached hydrogens (tertiary/aromatic N) is 3. The van der Waals surface area contributed by atoms with Crippen LogP contribution in [0.1, 0.15) is 31.2 Å². The van der Waals surface area contributed by atoms with Crippen LogP contribution in [0.5, 0.6) is 0 Å². The first-order valence-corrected chi connectivity index (χ1v) is 5.75. The first kappa shape index (κ1) is 11.7. The van der Waals surface area contributed by atoms with Gasteiger partial charge in [-0.15, -0.1) is 0 Å². The molecule has 1 heterocycles. The van der Waals surface area contributed by atoms with E-state index in [4.69, 9.17) is 16.9 Å². The molecule has 0 fully saturated rings. The van der Waals surface area contributed by atoms with Crippen molar-refractivity contribution in [2.75, 3.05) is 0 Å². The minimum atomic E-state index is 0.306. The summed E-state index contributed by atoms with van der Waals surface area (Å²) in [5.41, 5.74) is 2.37. The van der Waals surface area contributed by atoms with Gasteiger partial charge in [-0.05, 0) is 36.2 Å². The molecule has 0 aliphatic carbocycles. The molecular formula is C13H12ClN3. The van der Waals surface area contributed by atoms with Gasteiger partial charge in [-0.2, -0.15) is 10.4 Å². The summed E-state index contributed by atoms with van der Waals surface area (Å²) in [6.45, 7) is 4.15. The Hall–Kier alpha value is -1.79. The highest BCUT2D eigenvalue weighted by molar-refractivity contribution is 6.30. The van der Waals surface area contributed by atoms with E-state index >= 15 is 0 Å². The van der Waals surface area contributed by atoms with Gasteiger partial charge in [0, 0.05) is 10.7 Å². The van der Waals surface area contributed by atoms with Crippen LogP contribution >= 0.6 is 11.6 Å². The van der Waals surface area contributed by atoms with E-state index in [1.54, 1.807) is 4.68 Å². The third-order valence-electron chi connectivity index (χ3n) is 2.51. The van der Waals surface area contributed by atoms with Crippen molar-refractivity contribution in [3.05, 3.63) is 46.7 Å². The van der Waals surface area contributed by atoms with Gasteiger partial charge in [-0.3, -0.25) is 0 Å². The Morgan fingerprint density at radius 3 is 2.47 bits per heavy atom. The van der Waals surface area contributed by atoms with Crippen molar-refractivity contribution in [2.24, 2.45) is 0 Å². The molecule has 2 aromatic rings. The molecule has 4 heteroatoms. The summed E-state index contributed by atoms with van der Waals surface area (Å²) >= 11 is 5.85. The van der Waals surface area contributed by atoms with E-state index in [1.807, 2.05) is 30.3 Å². The lowest BCUT2D eigenvalue weighted by Crippen LogP contribution is -2.03. The monoisotopic (exact) mass is 245 g/mol. The molecule has 0 aliphatic heterocycles. The van der Waals surface area contributed by atoms with Gasteiger partial charge in [-0.25, -0.2) is 4.68 Å². The normalized spacial score (nSPS) is 10.5. The van der Waals surface area contributed by atoms with Crippen molar-refractivity contribution in [3.63, 3.8) is 0 Å². The van der Waals surface area contributed by atoms with Crippen LogP contribution in [0.4, 0.5) is 0 Å². The van der Waals surface area contributed by atoms with Crippen LogP contribution in [0.2, 0.25) is 5.02 Å². The van der Waals surface area contributed by atoms with Gasteiger partial charge in [0.1, 0.15) is 6.07 Å². The number of hydrogen-bond acceptors (Lipinski definition) is 2. The molecule has 1 aromatic carbocycles. The Morgan fingerprint density at radius 2 is 1.94 bits per heavy atom. The van der Waals surface area contributed by atoms with Gasteiger partial charge < -0.3 is 0 Å². The molecule has 1 aromatic heterocycles. The summed E-state index contributed by atoms with van der Waals surface area (Å²) in [7, 11) is 0. The molecule has 0 atom stereocenters. The summed E-state index contributed by atoms with van der Waals surface area (Å²) < 4.78 is 1.79. The molecular weight excluding hydrogens is 234 g/mol. The van der Waals surface area contributed by atoms with Crippen LogP contribution in [0, 0.1) is 11.3 Å². The second kappa shape index (κ2) is 4.60. The molecule has 0 bridgehead atoms. The van der Waals surface area contributed by atoms with Crippen LogP contribution in [0.15, 0.2) is 30.3 Å². The van der Waals surface area contributed by atoms with E-state index in [1.165, 1.54) is 0 Å². The van der Waals surface area contributed by atoms with E-state index < -0.39 is 0 Å². The molecule has 2 rings (SSSR count). The Morgan fingerprint density at radius 1 is 1.29 bits per heavy atom. The van der Waals surface area contributed by atoms with E-state index in [-0.39, 0.29) is 0 Å². The van der Waals surface area contributed by atoms with Crippen LogP contribution in [0.25, 0.3) is 5.69 Å². The minimum absolute atomic E-state index is 0.306. The zero-order valence-corrected chi connectivity index (χ0v) is 10.4. The summed E-state index contributed by atoms with van der Waals surface area (Å²) in [6, 6.07) is 11.3. The lowest BCUT2D eigenvalue weighted by atomic mass is 10.1. The molecule has 0 radical (unpaired) electrons. The minimum Gasteiger partial charge on any atom is -0.236 e. The topological polar surface area (TPSA) is 41.6 Å². The van der Waals surface area contributed by atoms with Gasteiger partial charge in [0.15, 0.2) is 5.69 Å². The molecule has 0 aliphatic rings. The molecule has 0 amide bonds. The summed E-state index contributed by atoms with van der Waals surface area (Å²) in [5.74, 6) is 0.306. The van der Waals surface area contributed by atoms with Gasteiger partial charge >= 0.3 is 0 Å². The second-order valence-corrected chi connectivity index (χ2v) is 4.55. The zero-order valence-electron chi connectivity index (χ0n) is 9.68. The Balaban J connectivity index is 2.54. The largest absolute Gasteiger partial charge is 0.236 e. The average molecular weight is 246 g/mol. The van der Waals surface area contributed by atoms with Crippen LogP contribution in [0.3, 0.4) is 0 Å². The third kappa shape index (κ3) is 2.32. The van der Waals surface area contributed by atoms with Crippen molar-refractivity contribution >= 4 is 11.6 Å². The highest BCUT2D eigenvalue weighted by Gasteiger charge is 2.12. The highest BCUT2D eigenvalue weighted by atomic mass is 35.5. The van der Waals surface area contributed by atoms with Gasteiger partial charge in [0.05, 0.1) is 5.69 Å². The van der Waals surface area contributed by atoms with Crippen molar-refractivity contribution in [1.82, 2.24) is 9.78 Å². The fourth-order valence-corrected chi connectivity index (χ4v) is 1.78. The SMILES string of the molecule is CC(C)c1cc(C#N)nn1-c1ccc(Cl)cc1. The van der Waals surface area contributed by atoms with E-state index in [9.17, 15) is 0 Å². The number of nitriles is 1. The lowest BCUT2D eigenvalue weighted by Gasteiger charge is -2.09. The second-order valence-electron chi connectivity index (χ2n) is 4.11. The molecule has 86 valence electrons. The summed E-state index contributed by atoms with van der Waals surface area (Å²) in [6.07, 6.45) is 0. The number of hydrogen-bond donors (Lipinski definition) is 0. The van der Waals surface area contributed by atoms with E-state index in [0.29, 0.717) is 16.6 Å². The van der Waals surface area contributed by atoms with Crippen molar-refractivity contribution in [1.29, 1.82) is 5.26 Å². The van der Waals surface area contributed by atoms with Crippen molar-refractivity contribution in [3.8, 4) is 11.8 Å². The summed E-state index contributed by atoms with van der Waals surface area (Å²) in [4.78, 5) is 0. The van der Waals surface area contributed by atoms with Gasteiger partial charge in [0.25, 0.3) is 0 Å². The fourth-order valence-electron chi connectivity index (χ4n) is 1.65. The van der Waals surface area contributed by atoms with Crippen LogP contribution < -0.4 is 0 Å². The maximum atomic E-state index is 8.90. The highest BCUT2D eigenvalue weighted by Crippen LogP contribution is 2.21. The Labute approximate surface area is 105 Å². The molecule has 0 unspecified atom stereocenters. The van der Waals surface area contributed by atoms with Gasteiger partial charge in [0.2, 0.25) is 0 Å². The summed E-state index contributed by atoms with van der Waals surface area (Å²) in [5, 5.41) is 13.9. The predicted octanol–water partition coefficient (Wildman–Crippen LogP) is 3.52. The van der Waals surface area contributed by atoms with E-state index in [0.717, 1.165) is 11.4 Å². The lowest BCUT2D eigenvalue weighted by molar-refractivity contribution is 0.733. The first-order valence-electron chi connectivity index (χ1n) is 5.38. The molecule has 0 saturated heterocycles. The maximum Gasteiger partial charge on any atom is 0.163 e. The maximum absolute atomic E-state index is 8.90. The molecule has 0 spiro atoms. The zero-order chi connectivity index (χ0) is 12.4. The fraction of sp³-hybridized carbons (Fsp3) is 0.231. The Kier molecular flexibility index (Phi) is 3.16. The van der Waals surface area contributed by atoms with E-state index in [2.05, 4.69) is 25.0 Å². The average Bonchev–Trinajstić information content (AvgIpc) is 2.74. The van der Waals surface area contributed by atoms with Gasteiger partial charge in [-0.1, -0.05) is 25.4 Å². The molecule has 17 heavy (non-hydrogen) atoms. The first-order chi connectivity index (χ1) is 8.11. The number of benzene rings is 1. The molecule has 0 N–H and O–H groups in total. The quantitative estimate of drug-likeness (QED) is 0.812. The Bertz CT molecular complexity index is 561. The molecule has 3 nitrogen and oxygen atoms in total. The van der Waals surface area contributed by atoms with Crippen LogP contribution in [-0.4, -0.2) is 9.78 Å². The van der Waals surface area contributed by atoms with Crippen LogP contribution in [-0.2, 0) is 0 Å². The number of aromatic nitrogens is 2. The molecule has 0 saturated carbocycles. The third-order valence-corrected chi connectivity index (χ3v) is 2.77. The van der Waals surface area contributed by atoms with Crippen molar-refractivity contribution < 1.29 is 0 Å². The smallest absolute Gasteiger partial charge is 0.163 e. The standard InChI is InChI=1S/C13H12ClN3/c1-9(2)13-7-11(8-15)16-17(13)12-5-3-10(14)4-6-12/h3-7,9H,1-2H3. The predicted molar refractivity (Wildman–Crippen MR) is 67.4 cm³/mol. The number of halogens is 1. The van der Waals surface area contributed by atoms with Crippen molar-refractivity contribution in [2.45, 2.75) is 19.8 Å². The number of rotatable bonds is 2.